The number of guanidine groups is 1. The van der Waals surface area contributed by atoms with Gasteiger partial charge in [0, 0.05) is 44.1 Å². The van der Waals surface area contributed by atoms with E-state index < -0.39 is 0 Å². The standard InChI is InChI=1S/C22H29FN6O/c1-2-24-22(27-13-17-7-10-25-20(12-17)30-15-16-5-6-16)28-18-8-11-29(14-18)21-19(23)4-3-9-26-21/h3-4,7,9-10,12,16,18H,2,5-6,8,11,13-15H2,1H3,(H2,24,27,28). The van der Waals surface area contributed by atoms with Gasteiger partial charge in [-0.2, -0.15) is 0 Å². The van der Waals surface area contributed by atoms with E-state index >= 15 is 0 Å². The Bertz CT molecular complexity index is 872. The average Bonchev–Trinajstić information content (AvgIpc) is 3.48. The summed E-state index contributed by atoms with van der Waals surface area (Å²) in [5.41, 5.74) is 1.05. The van der Waals surface area contributed by atoms with Gasteiger partial charge >= 0.3 is 0 Å². The summed E-state index contributed by atoms with van der Waals surface area (Å²) >= 11 is 0. The van der Waals surface area contributed by atoms with Crippen LogP contribution in [0.1, 0.15) is 31.7 Å². The van der Waals surface area contributed by atoms with E-state index in [2.05, 4.69) is 20.6 Å². The first-order valence-electron chi connectivity index (χ1n) is 10.7. The molecular weight excluding hydrogens is 383 g/mol. The molecule has 2 aromatic heterocycles. The van der Waals surface area contributed by atoms with Gasteiger partial charge in [-0.3, -0.25) is 0 Å². The van der Waals surface area contributed by atoms with Crippen molar-refractivity contribution >= 4 is 11.8 Å². The van der Waals surface area contributed by atoms with E-state index in [1.807, 2.05) is 24.0 Å². The van der Waals surface area contributed by atoms with Crippen LogP contribution in [0.3, 0.4) is 0 Å². The molecule has 2 aromatic rings. The maximum Gasteiger partial charge on any atom is 0.213 e. The molecule has 2 N–H and O–H groups in total. The molecule has 1 saturated carbocycles. The van der Waals surface area contributed by atoms with Crippen LogP contribution < -0.4 is 20.3 Å². The van der Waals surface area contributed by atoms with E-state index in [-0.39, 0.29) is 11.9 Å². The number of anilines is 1. The molecule has 30 heavy (non-hydrogen) atoms. The number of ether oxygens (including phenoxy) is 1. The van der Waals surface area contributed by atoms with Crippen LogP contribution in [0.15, 0.2) is 41.7 Å². The van der Waals surface area contributed by atoms with Gasteiger partial charge in [-0.15, -0.1) is 0 Å². The minimum Gasteiger partial charge on any atom is -0.477 e. The fourth-order valence-electron chi connectivity index (χ4n) is 3.48. The van der Waals surface area contributed by atoms with Crippen LogP contribution >= 0.6 is 0 Å². The van der Waals surface area contributed by atoms with Gasteiger partial charge in [-0.1, -0.05) is 0 Å². The molecule has 1 atom stereocenters. The Hall–Kier alpha value is -2.90. The van der Waals surface area contributed by atoms with Gasteiger partial charge in [0.25, 0.3) is 0 Å². The molecule has 1 aliphatic heterocycles. The lowest BCUT2D eigenvalue weighted by Gasteiger charge is -2.20. The molecule has 0 spiro atoms. The molecule has 0 aromatic carbocycles. The number of hydrogen-bond donors (Lipinski definition) is 2. The van der Waals surface area contributed by atoms with E-state index in [0.29, 0.717) is 30.7 Å². The Kier molecular flexibility index (Phi) is 6.61. The Labute approximate surface area is 176 Å². The van der Waals surface area contributed by atoms with Crippen molar-refractivity contribution in [3.8, 4) is 5.88 Å². The average molecular weight is 413 g/mol. The Balaban J connectivity index is 1.34. The number of nitrogens with one attached hydrogen (secondary N) is 2. The maximum absolute atomic E-state index is 14.0. The number of hydrogen-bond acceptors (Lipinski definition) is 5. The first-order valence-corrected chi connectivity index (χ1v) is 10.7. The zero-order valence-electron chi connectivity index (χ0n) is 17.4. The first-order chi connectivity index (χ1) is 14.7. The fourth-order valence-corrected chi connectivity index (χ4v) is 3.48. The van der Waals surface area contributed by atoms with Crippen LogP contribution in [-0.2, 0) is 6.54 Å². The van der Waals surface area contributed by atoms with E-state index in [1.165, 1.54) is 18.9 Å². The van der Waals surface area contributed by atoms with Gasteiger partial charge in [0.15, 0.2) is 17.6 Å². The van der Waals surface area contributed by atoms with E-state index in [9.17, 15) is 4.39 Å². The summed E-state index contributed by atoms with van der Waals surface area (Å²) in [4.78, 5) is 15.2. The Morgan fingerprint density at radius 2 is 2.17 bits per heavy atom. The molecule has 0 amide bonds. The second-order valence-electron chi connectivity index (χ2n) is 7.84. The summed E-state index contributed by atoms with van der Waals surface area (Å²) in [6, 6.07) is 7.15. The quantitative estimate of drug-likeness (QED) is 0.513. The van der Waals surface area contributed by atoms with Gasteiger partial charge < -0.3 is 20.3 Å². The molecule has 160 valence electrons. The van der Waals surface area contributed by atoms with Crippen molar-refractivity contribution in [1.82, 2.24) is 20.6 Å². The van der Waals surface area contributed by atoms with Crippen LogP contribution in [0.4, 0.5) is 10.2 Å². The zero-order valence-corrected chi connectivity index (χ0v) is 17.4. The van der Waals surface area contributed by atoms with Gasteiger partial charge in [-0.05, 0) is 55.9 Å². The third-order valence-electron chi connectivity index (χ3n) is 5.29. The van der Waals surface area contributed by atoms with Crippen molar-refractivity contribution in [2.45, 2.75) is 38.8 Å². The summed E-state index contributed by atoms with van der Waals surface area (Å²) in [6.07, 6.45) is 6.81. The Morgan fingerprint density at radius 1 is 1.27 bits per heavy atom. The lowest BCUT2D eigenvalue weighted by molar-refractivity contribution is 0.288. The summed E-state index contributed by atoms with van der Waals surface area (Å²) in [6.45, 7) is 5.53. The summed E-state index contributed by atoms with van der Waals surface area (Å²) < 4.78 is 19.8. The molecule has 3 heterocycles. The molecule has 4 rings (SSSR count). The van der Waals surface area contributed by atoms with Crippen molar-refractivity contribution < 1.29 is 9.13 Å². The zero-order chi connectivity index (χ0) is 20.8. The molecule has 1 saturated heterocycles. The number of halogens is 1. The Morgan fingerprint density at radius 3 is 2.97 bits per heavy atom. The highest BCUT2D eigenvalue weighted by atomic mass is 19.1. The topological polar surface area (TPSA) is 74.7 Å². The summed E-state index contributed by atoms with van der Waals surface area (Å²) in [7, 11) is 0. The van der Waals surface area contributed by atoms with E-state index in [0.717, 1.165) is 37.6 Å². The molecule has 7 nitrogen and oxygen atoms in total. The highest BCUT2D eigenvalue weighted by Gasteiger charge is 2.26. The number of pyridine rings is 2. The summed E-state index contributed by atoms with van der Waals surface area (Å²) in [5, 5.41) is 6.76. The molecule has 0 bridgehead atoms. The molecule has 2 aliphatic rings. The molecular formula is C22H29FN6O. The predicted octanol–water partition coefficient (Wildman–Crippen LogP) is 2.74. The van der Waals surface area contributed by atoms with Crippen LogP contribution in [0.2, 0.25) is 0 Å². The molecule has 1 unspecified atom stereocenters. The van der Waals surface area contributed by atoms with Gasteiger partial charge in [0.05, 0.1) is 13.2 Å². The second kappa shape index (κ2) is 9.73. The highest BCUT2D eigenvalue weighted by molar-refractivity contribution is 5.80. The van der Waals surface area contributed by atoms with Gasteiger partial charge in [0.2, 0.25) is 5.88 Å². The lowest BCUT2D eigenvalue weighted by Crippen LogP contribution is -2.44. The molecule has 0 radical (unpaired) electrons. The number of rotatable bonds is 8. The molecule has 2 fully saturated rings. The minimum absolute atomic E-state index is 0.180. The third-order valence-corrected chi connectivity index (χ3v) is 5.29. The minimum atomic E-state index is -0.281. The van der Waals surface area contributed by atoms with Crippen molar-refractivity contribution in [3.05, 3.63) is 48.0 Å². The van der Waals surface area contributed by atoms with Crippen LogP contribution in [0, 0.1) is 11.7 Å². The van der Waals surface area contributed by atoms with Crippen LogP contribution in [0.5, 0.6) is 5.88 Å². The number of aromatic nitrogens is 2. The van der Waals surface area contributed by atoms with Gasteiger partial charge in [0.1, 0.15) is 0 Å². The van der Waals surface area contributed by atoms with E-state index in [1.54, 1.807) is 18.5 Å². The molecule has 1 aliphatic carbocycles. The number of aliphatic imine (C=N–C) groups is 1. The largest absolute Gasteiger partial charge is 0.477 e. The smallest absolute Gasteiger partial charge is 0.213 e. The van der Waals surface area contributed by atoms with Crippen molar-refractivity contribution in [3.63, 3.8) is 0 Å². The van der Waals surface area contributed by atoms with Crippen molar-refractivity contribution in [2.24, 2.45) is 10.9 Å². The second-order valence-corrected chi connectivity index (χ2v) is 7.84. The van der Waals surface area contributed by atoms with Crippen LogP contribution in [0.25, 0.3) is 0 Å². The van der Waals surface area contributed by atoms with E-state index in [4.69, 9.17) is 9.73 Å². The SMILES string of the molecule is CCNC(=NCc1ccnc(OCC2CC2)c1)NC1CCN(c2ncccc2F)C1. The first kappa shape index (κ1) is 20.4. The van der Waals surface area contributed by atoms with Crippen LogP contribution in [-0.4, -0.2) is 48.2 Å². The molecule has 8 heteroatoms. The monoisotopic (exact) mass is 412 g/mol. The number of nitrogens with zero attached hydrogens (tertiary/aromatic N) is 4. The van der Waals surface area contributed by atoms with Crippen molar-refractivity contribution in [1.29, 1.82) is 0 Å². The maximum atomic E-state index is 14.0. The van der Waals surface area contributed by atoms with Crippen molar-refractivity contribution in [2.75, 3.05) is 31.1 Å². The fraction of sp³-hybridized carbons (Fsp3) is 0.500. The highest BCUT2D eigenvalue weighted by Crippen LogP contribution is 2.29. The normalized spacial score (nSPS) is 19.1. The third kappa shape index (κ3) is 5.58. The lowest BCUT2D eigenvalue weighted by atomic mass is 10.2. The predicted molar refractivity (Wildman–Crippen MR) is 115 cm³/mol. The van der Waals surface area contributed by atoms with Gasteiger partial charge in [-0.25, -0.2) is 19.4 Å². The summed E-state index contributed by atoms with van der Waals surface area (Å²) in [5.74, 6) is 2.25.